The van der Waals surface area contributed by atoms with Crippen molar-refractivity contribution >= 4 is 5.91 Å². The monoisotopic (exact) mass is 313 g/mol. The molecule has 2 heterocycles. The molecule has 0 radical (unpaired) electrons. The molecule has 23 heavy (non-hydrogen) atoms. The third kappa shape index (κ3) is 4.13. The molecule has 1 unspecified atom stereocenters. The van der Waals surface area contributed by atoms with Crippen molar-refractivity contribution in [2.45, 2.75) is 25.4 Å². The van der Waals surface area contributed by atoms with E-state index >= 15 is 0 Å². The predicted molar refractivity (Wildman–Crippen MR) is 86.0 cm³/mol. The van der Waals surface area contributed by atoms with Gasteiger partial charge in [0.25, 0.3) is 0 Å². The van der Waals surface area contributed by atoms with Crippen LogP contribution in [0.5, 0.6) is 0 Å². The van der Waals surface area contributed by atoms with Gasteiger partial charge in [-0.15, -0.1) is 0 Å². The quantitative estimate of drug-likeness (QED) is 0.923. The Hall–Kier alpha value is -2.27. The second kappa shape index (κ2) is 7.33. The Morgan fingerprint density at radius 2 is 2.26 bits per heavy atom. The number of benzene rings is 1. The fourth-order valence-corrected chi connectivity index (χ4v) is 3.05. The standard InChI is InChI=1S/C18H20FN3O/c19-16-6-1-5-15(10-16)17-7-3-9-22(17)13-18(23)21-12-14-4-2-8-20-11-14/h1-2,4-6,8,10-11,17H,3,7,9,12-13H2,(H,21,23). The van der Waals surface area contributed by atoms with E-state index in [2.05, 4.69) is 15.2 Å². The molecule has 1 atom stereocenters. The van der Waals surface area contributed by atoms with Crippen LogP contribution in [0.3, 0.4) is 0 Å². The number of aromatic nitrogens is 1. The van der Waals surface area contributed by atoms with E-state index in [1.807, 2.05) is 18.2 Å². The molecular formula is C18H20FN3O. The van der Waals surface area contributed by atoms with E-state index in [0.29, 0.717) is 13.1 Å². The zero-order chi connectivity index (χ0) is 16.1. The molecule has 4 nitrogen and oxygen atoms in total. The number of carbonyl (C=O) groups is 1. The van der Waals surface area contributed by atoms with Gasteiger partial charge in [0.05, 0.1) is 6.54 Å². The van der Waals surface area contributed by atoms with Crippen LogP contribution in [0.2, 0.25) is 0 Å². The summed E-state index contributed by atoms with van der Waals surface area (Å²) in [5.41, 5.74) is 1.92. The highest BCUT2D eigenvalue weighted by molar-refractivity contribution is 5.78. The molecule has 0 aliphatic carbocycles. The summed E-state index contributed by atoms with van der Waals surface area (Å²) in [4.78, 5) is 18.3. The molecule has 1 amide bonds. The Kier molecular flexibility index (Phi) is 4.98. The SMILES string of the molecule is O=C(CN1CCCC1c1cccc(F)c1)NCc1cccnc1. The maximum Gasteiger partial charge on any atom is 0.234 e. The second-order valence-corrected chi connectivity index (χ2v) is 5.82. The van der Waals surface area contributed by atoms with Crippen LogP contribution in [0.25, 0.3) is 0 Å². The van der Waals surface area contributed by atoms with Crippen molar-refractivity contribution in [2.75, 3.05) is 13.1 Å². The highest BCUT2D eigenvalue weighted by Gasteiger charge is 2.27. The number of halogens is 1. The molecule has 1 aliphatic rings. The third-order valence-electron chi connectivity index (χ3n) is 4.16. The van der Waals surface area contributed by atoms with Gasteiger partial charge in [-0.2, -0.15) is 0 Å². The maximum atomic E-state index is 13.4. The first-order valence-electron chi connectivity index (χ1n) is 7.87. The molecule has 1 saturated heterocycles. The number of likely N-dealkylation sites (tertiary alicyclic amines) is 1. The fraction of sp³-hybridized carbons (Fsp3) is 0.333. The third-order valence-corrected chi connectivity index (χ3v) is 4.16. The number of hydrogen-bond acceptors (Lipinski definition) is 3. The first-order valence-corrected chi connectivity index (χ1v) is 7.87. The van der Waals surface area contributed by atoms with E-state index in [1.54, 1.807) is 24.5 Å². The average molecular weight is 313 g/mol. The summed E-state index contributed by atoms with van der Waals surface area (Å²) >= 11 is 0. The number of carbonyl (C=O) groups excluding carboxylic acids is 1. The number of rotatable bonds is 5. The van der Waals surface area contributed by atoms with Gasteiger partial charge in [0.2, 0.25) is 5.91 Å². The van der Waals surface area contributed by atoms with Crippen molar-refractivity contribution in [3.8, 4) is 0 Å². The lowest BCUT2D eigenvalue weighted by Crippen LogP contribution is -2.36. The van der Waals surface area contributed by atoms with Crippen molar-refractivity contribution in [1.82, 2.24) is 15.2 Å². The van der Waals surface area contributed by atoms with Crippen molar-refractivity contribution in [2.24, 2.45) is 0 Å². The summed E-state index contributed by atoms with van der Waals surface area (Å²) in [6, 6.07) is 10.6. The second-order valence-electron chi connectivity index (χ2n) is 5.82. The minimum atomic E-state index is -0.227. The average Bonchev–Trinajstić information content (AvgIpc) is 3.02. The van der Waals surface area contributed by atoms with Crippen LogP contribution in [0.15, 0.2) is 48.8 Å². The molecule has 2 aromatic rings. The Morgan fingerprint density at radius 3 is 3.04 bits per heavy atom. The first kappa shape index (κ1) is 15.6. The van der Waals surface area contributed by atoms with Crippen LogP contribution >= 0.6 is 0 Å². The lowest BCUT2D eigenvalue weighted by molar-refractivity contribution is -0.122. The number of nitrogens with zero attached hydrogens (tertiary/aromatic N) is 2. The smallest absolute Gasteiger partial charge is 0.234 e. The fourth-order valence-electron chi connectivity index (χ4n) is 3.05. The predicted octanol–water partition coefficient (Wildman–Crippen LogP) is 2.67. The summed E-state index contributed by atoms with van der Waals surface area (Å²) in [6.45, 7) is 1.67. The zero-order valence-electron chi connectivity index (χ0n) is 12.9. The van der Waals surface area contributed by atoms with Crippen molar-refractivity contribution < 1.29 is 9.18 Å². The number of hydrogen-bond donors (Lipinski definition) is 1. The van der Waals surface area contributed by atoms with Crippen LogP contribution in [0.4, 0.5) is 4.39 Å². The topological polar surface area (TPSA) is 45.2 Å². The highest BCUT2D eigenvalue weighted by Crippen LogP contribution is 2.31. The van der Waals surface area contributed by atoms with E-state index in [1.165, 1.54) is 6.07 Å². The number of nitrogens with one attached hydrogen (secondary N) is 1. The molecule has 0 saturated carbocycles. The molecule has 120 valence electrons. The van der Waals surface area contributed by atoms with E-state index in [-0.39, 0.29) is 17.8 Å². The molecule has 1 aliphatic heterocycles. The van der Waals surface area contributed by atoms with Gasteiger partial charge in [-0.3, -0.25) is 14.7 Å². The minimum absolute atomic E-state index is 0.0165. The van der Waals surface area contributed by atoms with E-state index in [4.69, 9.17) is 0 Å². The molecule has 1 N–H and O–H groups in total. The molecule has 0 spiro atoms. The molecule has 5 heteroatoms. The van der Waals surface area contributed by atoms with Gasteiger partial charge >= 0.3 is 0 Å². The van der Waals surface area contributed by atoms with Gasteiger partial charge in [-0.05, 0) is 48.7 Å². The van der Waals surface area contributed by atoms with Crippen molar-refractivity contribution in [3.63, 3.8) is 0 Å². The number of amides is 1. The lowest BCUT2D eigenvalue weighted by atomic mass is 10.0. The highest BCUT2D eigenvalue weighted by atomic mass is 19.1. The Bertz CT molecular complexity index is 662. The zero-order valence-corrected chi connectivity index (χ0v) is 12.9. The molecule has 1 fully saturated rings. The summed E-state index contributed by atoms with van der Waals surface area (Å²) < 4.78 is 13.4. The summed E-state index contributed by atoms with van der Waals surface area (Å²) in [5.74, 6) is -0.243. The van der Waals surface area contributed by atoms with Crippen LogP contribution in [0, 0.1) is 5.82 Å². The van der Waals surface area contributed by atoms with Gasteiger partial charge in [-0.1, -0.05) is 18.2 Å². The van der Waals surface area contributed by atoms with E-state index in [0.717, 1.165) is 30.5 Å². The molecule has 0 bridgehead atoms. The minimum Gasteiger partial charge on any atom is -0.351 e. The molecule has 1 aromatic carbocycles. The summed E-state index contributed by atoms with van der Waals surface area (Å²) in [5, 5.41) is 2.91. The van der Waals surface area contributed by atoms with Crippen molar-refractivity contribution in [3.05, 3.63) is 65.7 Å². The van der Waals surface area contributed by atoms with Gasteiger partial charge in [0.15, 0.2) is 0 Å². The normalized spacial score (nSPS) is 18.0. The van der Waals surface area contributed by atoms with Crippen LogP contribution < -0.4 is 5.32 Å². The largest absolute Gasteiger partial charge is 0.351 e. The van der Waals surface area contributed by atoms with Crippen LogP contribution in [-0.2, 0) is 11.3 Å². The van der Waals surface area contributed by atoms with Gasteiger partial charge in [-0.25, -0.2) is 4.39 Å². The Labute approximate surface area is 135 Å². The van der Waals surface area contributed by atoms with Gasteiger partial charge in [0, 0.05) is 25.0 Å². The van der Waals surface area contributed by atoms with E-state index < -0.39 is 0 Å². The van der Waals surface area contributed by atoms with Crippen LogP contribution in [-0.4, -0.2) is 28.9 Å². The Morgan fingerprint density at radius 1 is 1.35 bits per heavy atom. The van der Waals surface area contributed by atoms with Crippen molar-refractivity contribution in [1.29, 1.82) is 0 Å². The Balaban J connectivity index is 1.57. The van der Waals surface area contributed by atoms with Gasteiger partial charge in [0.1, 0.15) is 5.82 Å². The maximum absolute atomic E-state index is 13.4. The van der Waals surface area contributed by atoms with E-state index in [9.17, 15) is 9.18 Å². The van der Waals surface area contributed by atoms with Gasteiger partial charge < -0.3 is 5.32 Å². The molecule has 3 rings (SSSR count). The lowest BCUT2D eigenvalue weighted by Gasteiger charge is -2.24. The summed E-state index contributed by atoms with van der Waals surface area (Å²) in [6.07, 6.45) is 5.43. The number of pyridine rings is 1. The first-order chi connectivity index (χ1) is 11.2. The van der Waals surface area contributed by atoms with Crippen LogP contribution in [0.1, 0.15) is 30.0 Å². The summed E-state index contributed by atoms with van der Waals surface area (Å²) in [7, 11) is 0. The molecular weight excluding hydrogens is 293 g/mol. The molecule has 1 aromatic heterocycles.